The van der Waals surface area contributed by atoms with E-state index in [9.17, 15) is 0 Å². The molecule has 1 unspecified atom stereocenters. The fourth-order valence-corrected chi connectivity index (χ4v) is 3.51. The third-order valence-corrected chi connectivity index (χ3v) is 4.93. The molecule has 0 aromatic carbocycles. The summed E-state index contributed by atoms with van der Waals surface area (Å²) in [7, 11) is 1.93. The average Bonchev–Trinajstić information content (AvgIpc) is 3.33. The second-order valence-electron chi connectivity index (χ2n) is 6.41. The summed E-state index contributed by atoms with van der Waals surface area (Å²) in [5.41, 5.74) is 0. The topological polar surface area (TPSA) is 53.1 Å². The number of piperidine rings is 3. The molecule has 0 spiro atoms. The van der Waals surface area contributed by atoms with E-state index in [1.165, 1.54) is 45.3 Å². The van der Waals surface area contributed by atoms with E-state index in [1.54, 1.807) is 0 Å². The van der Waals surface area contributed by atoms with Gasteiger partial charge in [-0.05, 0) is 44.7 Å². The van der Waals surface area contributed by atoms with Crippen molar-refractivity contribution in [3.05, 3.63) is 11.9 Å². The zero-order valence-electron chi connectivity index (χ0n) is 12.1. The van der Waals surface area contributed by atoms with Crippen molar-refractivity contribution >= 4 is 11.6 Å². The molecule has 20 heavy (non-hydrogen) atoms. The molecule has 2 N–H and O–H groups in total. The van der Waals surface area contributed by atoms with Gasteiger partial charge in [-0.15, -0.1) is 0 Å². The molecule has 4 aliphatic rings. The van der Waals surface area contributed by atoms with Gasteiger partial charge in [0.25, 0.3) is 0 Å². The second kappa shape index (κ2) is 4.88. The van der Waals surface area contributed by atoms with E-state index in [1.807, 2.05) is 13.1 Å². The van der Waals surface area contributed by atoms with E-state index >= 15 is 0 Å². The molecule has 5 rings (SSSR count). The molecular weight excluding hydrogens is 250 g/mol. The molecule has 2 bridgehead atoms. The number of aromatic nitrogens is 2. The average molecular weight is 273 g/mol. The van der Waals surface area contributed by atoms with Crippen LogP contribution >= 0.6 is 0 Å². The van der Waals surface area contributed by atoms with Gasteiger partial charge < -0.3 is 15.5 Å². The maximum Gasteiger partial charge on any atom is 0.136 e. The molecule has 4 heterocycles. The summed E-state index contributed by atoms with van der Waals surface area (Å²) in [5.74, 6) is 4.36. The van der Waals surface area contributed by atoms with Gasteiger partial charge in [-0.1, -0.05) is 0 Å². The van der Waals surface area contributed by atoms with E-state index in [0.29, 0.717) is 12.0 Å². The normalized spacial score (nSPS) is 32.1. The van der Waals surface area contributed by atoms with E-state index < -0.39 is 0 Å². The summed E-state index contributed by atoms with van der Waals surface area (Å²) in [6.45, 7) is 3.73. The zero-order valence-corrected chi connectivity index (χ0v) is 12.1. The molecule has 5 nitrogen and oxygen atoms in total. The largest absolute Gasteiger partial charge is 0.373 e. The Labute approximate surface area is 120 Å². The highest BCUT2D eigenvalue weighted by atomic mass is 15.2. The molecule has 5 heteroatoms. The SMILES string of the molecule is CNc1cc(NC2CN3CCC2CC3)nc(C2CC2)n1. The minimum absolute atomic E-state index is 0.559. The third-order valence-electron chi connectivity index (χ3n) is 4.93. The van der Waals surface area contributed by atoms with Gasteiger partial charge in [0.1, 0.15) is 17.5 Å². The minimum atomic E-state index is 0.559. The van der Waals surface area contributed by atoms with Crippen LogP contribution < -0.4 is 10.6 Å². The number of anilines is 2. The van der Waals surface area contributed by atoms with E-state index in [-0.39, 0.29) is 0 Å². The van der Waals surface area contributed by atoms with Crippen molar-refractivity contribution in [2.75, 3.05) is 37.3 Å². The van der Waals surface area contributed by atoms with Gasteiger partial charge >= 0.3 is 0 Å². The summed E-state index contributed by atoms with van der Waals surface area (Å²) in [4.78, 5) is 11.9. The van der Waals surface area contributed by atoms with Crippen LogP contribution in [0, 0.1) is 5.92 Å². The number of nitrogens with zero attached hydrogens (tertiary/aromatic N) is 3. The summed E-state index contributed by atoms with van der Waals surface area (Å²) in [6.07, 6.45) is 5.15. The monoisotopic (exact) mass is 273 g/mol. The van der Waals surface area contributed by atoms with Crippen LogP contribution in [0.15, 0.2) is 6.07 Å². The number of fused-ring (bicyclic) bond motifs is 3. The maximum atomic E-state index is 4.74. The van der Waals surface area contributed by atoms with Crippen LogP contribution in [-0.4, -0.2) is 47.6 Å². The van der Waals surface area contributed by atoms with Gasteiger partial charge in [-0.3, -0.25) is 0 Å². The Morgan fingerprint density at radius 1 is 1.10 bits per heavy atom. The maximum absolute atomic E-state index is 4.74. The standard InChI is InChI=1S/C15H23N5/c1-16-13-8-14(19-15(18-13)11-2-3-11)17-12-9-20-6-4-10(12)5-7-20/h8,10-12H,2-7,9H2,1H3,(H2,16,17,18,19). The van der Waals surface area contributed by atoms with Crippen molar-refractivity contribution in [2.24, 2.45) is 5.92 Å². The van der Waals surface area contributed by atoms with Gasteiger partial charge in [-0.2, -0.15) is 0 Å². The van der Waals surface area contributed by atoms with Crippen molar-refractivity contribution in [2.45, 2.75) is 37.6 Å². The highest BCUT2D eigenvalue weighted by Crippen LogP contribution is 2.39. The van der Waals surface area contributed by atoms with Crippen molar-refractivity contribution in [3.8, 4) is 0 Å². The highest BCUT2D eigenvalue weighted by molar-refractivity contribution is 5.48. The third kappa shape index (κ3) is 2.35. The van der Waals surface area contributed by atoms with Gasteiger partial charge in [0.15, 0.2) is 0 Å². The lowest BCUT2D eigenvalue weighted by atomic mass is 9.84. The lowest BCUT2D eigenvalue weighted by Crippen LogP contribution is -2.53. The molecule has 3 saturated heterocycles. The smallest absolute Gasteiger partial charge is 0.136 e. The van der Waals surface area contributed by atoms with Crippen LogP contribution in [-0.2, 0) is 0 Å². The van der Waals surface area contributed by atoms with Gasteiger partial charge in [0.2, 0.25) is 0 Å². The van der Waals surface area contributed by atoms with Crippen molar-refractivity contribution in [3.63, 3.8) is 0 Å². The fourth-order valence-electron chi connectivity index (χ4n) is 3.51. The van der Waals surface area contributed by atoms with Crippen LogP contribution in [0.25, 0.3) is 0 Å². The molecule has 4 fully saturated rings. The lowest BCUT2D eigenvalue weighted by Gasteiger charge is -2.45. The first-order valence-electron chi connectivity index (χ1n) is 7.87. The molecule has 1 aromatic rings. The number of hydrogen-bond donors (Lipinski definition) is 2. The molecule has 3 aliphatic heterocycles. The molecular formula is C15H23N5. The Hall–Kier alpha value is -1.36. The van der Waals surface area contributed by atoms with Gasteiger partial charge in [-0.25, -0.2) is 9.97 Å². The Kier molecular flexibility index (Phi) is 3.02. The fraction of sp³-hybridized carbons (Fsp3) is 0.733. The first-order valence-corrected chi connectivity index (χ1v) is 7.87. The van der Waals surface area contributed by atoms with E-state index in [0.717, 1.165) is 23.4 Å². The van der Waals surface area contributed by atoms with Crippen molar-refractivity contribution in [1.29, 1.82) is 0 Å². The molecule has 0 amide bonds. The van der Waals surface area contributed by atoms with E-state index in [4.69, 9.17) is 4.98 Å². The van der Waals surface area contributed by atoms with Gasteiger partial charge in [0.05, 0.1) is 0 Å². The van der Waals surface area contributed by atoms with Crippen molar-refractivity contribution in [1.82, 2.24) is 14.9 Å². The summed E-state index contributed by atoms with van der Waals surface area (Å²) < 4.78 is 0. The molecule has 1 aromatic heterocycles. The first-order chi connectivity index (χ1) is 9.81. The zero-order chi connectivity index (χ0) is 13.5. The Bertz CT molecular complexity index is 491. The molecule has 1 saturated carbocycles. The number of hydrogen-bond acceptors (Lipinski definition) is 5. The van der Waals surface area contributed by atoms with Crippen LogP contribution in [0.3, 0.4) is 0 Å². The number of rotatable bonds is 4. The predicted molar refractivity (Wildman–Crippen MR) is 80.1 cm³/mol. The molecule has 1 atom stereocenters. The second-order valence-corrected chi connectivity index (χ2v) is 6.41. The Balaban J connectivity index is 1.54. The molecule has 0 radical (unpaired) electrons. The summed E-state index contributed by atoms with van der Waals surface area (Å²) in [5, 5.41) is 6.84. The van der Waals surface area contributed by atoms with Crippen LogP contribution in [0.2, 0.25) is 0 Å². The molecule has 1 aliphatic carbocycles. The highest BCUT2D eigenvalue weighted by Gasteiger charge is 2.34. The van der Waals surface area contributed by atoms with Crippen LogP contribution in [0.5, 0.6) is 0 Å². The minimum Gasteiger partial charge on any atom is -0.373 e. The van der Waals surface area contributed by atoms with Crippen LogP contribution in [0.1, 0.15) is 37.4 Å². The molecule has 108 valence electrons. The predicted octanol–water partition coefficient (Wildman–Crippen LogP) is 1.90. The number of nitrogens with one attached hydrogen (secondary N) is 2. The Morgan fingerprint density at radius 3 is 2.45 bits per heavy atom. The quantitative estimate of drug-likeness (QED) is 0.877. The summed E-state index contributed by atoms with van der Waals surface area (Å²) >= 11 is 0. The van der Waals surface area contributed by atoms with Crippen LogP contribution in [0.4, 0.5) is 11.6 Å². The lowest BCUT2D eigenvalue weighted by molar-refractivity contribution is 0.0974. The van der Waals surface area contributed by atoms with Crippen molar-refractivity contribution < 1.29 is 0 Å². The Morgan fingerprint density at radius 2 is 1.85 bits per heavy atom. The van der Waals surface area contributed by atoms with E-state index in [2.05, 4.69) is 20.5 Å². The summed E-state index contributed by atoms with van der Waals surface area (Å²) in [6, 6.07) is 2.60. The first kappa shape index (κ1) is 12.4. The van der Waals surface area contributed by atoms with Gasteiger partial charge in [0, 0.05) is 31.6 Å².